The Kier molecular flexibility index (Phi) is 14.5. The lowest BCUT2D eigenvalue weighted by Gasteiger charge is -2.27. The van der Waals surface area contributed by atoms with Gasteiger partial charge in [0.15, 0.2) is 18.9 Å². The third-order valence-electron chi connectivity index (χ3n) is 9.31. The number of halogens is 1. The maximum atomic E-state index is 13.4. The third-order valence-corrected chi connectivity index (χ3v) is 9.56. The van der Waals surface area contributed by atoms with E-state index in [0.717, 1.165) is 16.6 Å². The summed E-state index contributed by atoms with van der Waals surface area (Å²) in [6, 6.07) is 23.8. The van der Waals surface area contributed by atoms with Gasteiger partial charge in [-0.3, -0.25) is 19.2 Å². The van der Waals surface area contributed by atoms with Crippen molar-refractivity contribution in [2.45, 2.75) is 71.8 Å². The molecule has 298 valence electrons. The number of primary amides is 1. The highest BCUT2D eigenvalue weighted by Crippen LogP contribution is 2.24. The zero-order valence-electron chi connectivity index (χ0n) is 32.6. The molecule has 0 spiro atoms. The van der Waals surface area contributed by atoms with Crippen molar-refractivity contribution in [2.75, 3.05) is 17.2 Å². The Bertz CT molecular complexity index is 2180. The molecule has 7 N–H and O–H groups in total. The fourth-order valence-electron chi connectivity index (χ4n) is 6.41. The monoisotopic (exact) mass is 793 g/mol. The van der Waals surface area contributed by atoms with Crippen molar-refractivity contribution in [3.8, 4) is 0 Å². The second-order valence-corrected chi connectivity index (χ2v) is 15.0. The quantitative estimate of drug-likeness (QED) is 0.0300. The number of anilines is 2. The molecule has 0 saturated carbocycles. The van der Waals surface area contributed by atoms with Crippen molar-refractivity contribution in [3.63, 3.8) is 0 Å². The van der Waals surface area contributed by atoms with E-state index in [1.807, 2.05) is 97.5 Å². The third kappa shape index (κ3) is 12.0. The van der Waals surface area contributed by atoms with Crippen molar-refractivity contribution < 1.29 is 28.5 Å². The molecule has 14 heteroatoms. The van der Waals surface area contributed by atoms with Crippen molar-refractivity contribution in [1.82, 2.24) is 20.5 Å². The van der Waals surface area contributed by atoms with E-state index in [4.69, 9.17) is 17.3 Å². The van der Waals surface area contributed by atoms with Gasteiger partial charge in [0, 0.05) is 64.6 Å². The van der Waals surface area contributed by atoms with Crippen LogP contribution in [0.3, 0.4) is 0 Å². The van der Waals surface area contributed by atoms with Crippen LogP contribution < -0.4 is 36.9 Å². The van der Waals surface area contributed by atoms with E-state index in [1.165, 1.54) is 0 Å². The number of benzene rings is 3. The van der Waals surface area contributed by atoms with Crippen molar-refractivity contribution in [2.24, 2.45) is 11.7 Å². The van der Waals surface area contributed by atoms with Gasteiger partial charge in [-0.2, -0.15) is 0 Å². The summed E-state index contributed by atoms with van der Waals surface area (Å²) < 4.78 is 3.86. The highest BCUT2D eigenvalue weighted by molar-refractivity contribution is 6.48. The molecular formula is C43H50ClN8O5+. The van der Waals surface area contributed by atoms with E-state index in [9.17, 15) is 24.0 Å². The molecule has 5 aromatic rings. The Hall–Kier alpha value is -6.05. The Labute approximate surface area is 337 Å². The number of nitrogens with one attached hydrogen (secondary N) is 5. The van der Waals surface area contributed by atoms with E-state index in [0.29, 0.717) is 53.3 Å². The van der Waals surface area contributed by atoms with Gasteiger partial charge < -0.3 is 36.9 Å². The molecule has 0 aliphatic heterocycles. The molecule has 0 bridgehead atoms. The number of carbonyl (C=O) groups excluding carboxylic acids is 5. The fourth-order valence-corrected chi connectivity index (χ4v) is 6.54. The zero-order valence-corrected chi connectivity index (χ0v) is 33.3. The number of pyridine rings is 1. The summed E-state index contributed by atoms with van der Waals surface area (Å²) in [6.45, 7) is 9.06. The Morgan fingerprint density at radius 1 is 0.789 bits per heavy atom. The molecule has 0 aliphatic rings. The standard InChI is InChI=1S/C43H49ClN8O5/c1-27(2)38(47-28(3)4)41(55)50-36(9-7-21-46-43(45)57)40(54)48-32-17-13-29(14-18-32)24-51-22-19-33(20-23-51)49-42(56)39(53)35-26-52(37-10-6-5-8-34(35)37)25-30-11-15-31(44)16-12-30/h5-6,8,10-20,22-23,26-28,36,38,47H,7,9,21,24-25H2,1-4H3,(H5,45,46,48,50,54,55,57)/p+1/t36-,38-/m0/s1. The molecule has 0 fully saturated rings. The normalized spacial score (nSPS) is 12.3. The number of hydrogen-bond acceptors (Lipinski definition) is 6. The van der Waals surface area contributed by atoms with Gasteiger partial charge in [0.05, 0.1) is 17.3 Å². The first-order valence-electron chi connectivity index (χ1n) is 18.9. The Morgan fingerprint density at radius 3 is 2.09 bits per heavy atom. The molecule has 57 heavy (non-hydrogen) atoms. The number of ketones is 1. The van der Waals surface area contributed by atoms with Crippen molar-refractivity contribution in [3.05, 3.63) is 125 Å². The second kappa shape index (κ2) is 19.7. The maximum Gasteiger partial charge on any atom is 0.312 e. The predicted octanol–water partition coefficient (Wildman–Crippen LogP) is 5.39. The van der Waals surface area contributed by atoms with Crippen LogP contribution >= 0.6 is 11.6 Å². The SMILES string of the molecule is CC(C)N[C@H](C(=O)N[C@@H](CCCNC(N)=O)C(=O)Nc1ccc(C[n+]2ccc(NC(=O)C(=O)c3cn(Cc4ccc(Cl)cc4)c4ccccc34)cc2)cc1)C(C)C. The number of aromatic nitrogens is 2. The highest BCUT2D eigenvalue weighted by atomic mass is 35.5. The van der Waals surface area contributed by atoms with E-state index in [1.54, 1.807) is 42.9 Å². The van der Waals surface area contributed by atoms with Crippen molar-refractivity contribution in [1.29, 1.82) is 0 Å². The summed E-state index contributed by atoms with van der Waals surface area (Å²) in [5.74, 6) is -2.04. The van der Waals surface area contributed by atoms with Gasteiger partial charge in [0.25, 0.3) is 11.7 Å². The number of Topliss-reactive ketones (excluding diaryl/α,β-unsaturated/α-hetero) is 1. The van der Waals surface area contributed by atoms with Crippen LogP contribution in [-0.4, -0.2) is 58.8 Å². The van der Waals surface area contributed by atoms with Gasteiger partial charge in [0.2, 0.25) is 11.8 Å². The van der Waals surface area contributed by atoms with Crippen LogP contribution in [-0.2, 0) is 27.5 Å². The van der Waals surface area contributed by atoms with Gasteiger partial charge in [-0.15, -0.1) is 0 Å². The Balaban J connectivity index is 1.18. The second-order valence-electron chi connectivity index (χ2n) is 14.6. The number of hydrogen-bond donors (Lipinski definition) is 6. The topological polar surface area (TPSA) is 180 Å². The molecule has 2 atom stereocenters. The lowest BCUT2D eigenvalue weighted by atomic mass is 10.0. The zero-order chi connectivity index (χ0) is 41.1. The molecule has 3 aromatic carbocycles. The van der Waals surface area contributed by atoms with Gasteiger partial charge >= 0.3 is 6.03 Å². The molecule has 5 rings (SSSR count). The van der Waals surface area contributed by atoms with Crippen LogP contribution in [0.4, 0.5) is 16.2 Å². The molecule has 2 heterocycles. The minimum absolute atomic E-state index is 0.00501. The number of para-hydroxylation sites is 1. The van der Waals surface area contributed by atoms with Crippen LogP contribution in [0.5, 0.6) is 0 Å². The molecule has 2 aromatic heterocycles. The van der Waals surface area contributed by atoms with Crippen LogP contribution in [0, 0.1) is 5.92 Å². The van der Waals surface area contributed by atoms with Crippen molar-refractivity contribution >= 4 is 63.4 Å². The molecule has 0 unspecified atom stereocenters. The Morgan fingerprint density at radius 2 is 1.44 bits per heavy atom. The molecule has 0 saturated heterocycles. The number of urea groups is 1. The largest absolute Gasteiger partial charge is 0.352 e. The summed E-state index contributed by atoms with van der Waals surface area (Å²) in [5, 5.41) is 15.6. The molecule has 5 amide bonds. The van der Waals surface area contributed by atoms with E-state index in [-0.39, 0.29) is 30.3 Å². The summed E-state index contributed by atoms with van der Waals surface area (Å²) in [7, 11) is 0. The molecule has 13 nitrogen and oxygen atoms in total. The van der Waals surface area contributed by atoms with Gasteiger partial charge in [-0.05, 0) is 54.7 Å². The number of nitrogens with two attached hydrogens (primary N) is 1. The van der Waals surface area contributed by atoms with Crippen LogP contribution in [0.25, 0.3) is 10.9 Å². The average Bonchev–Trinajstić information content (AvgIpc) is 3.54. The number of nitrogens with zero attached hydrogens (tertiary/aromatic N) is 2. The first-order chi connectivity index (χ1) is 27.3. The predicted molar refractivity (Wildman–Crippen MR) is 222 cm³/mol. The molecule has 0 radical (unpaired) electrons. The van der Waals surface area contributed by atoms with Gasteiger partial charge in [-0.1, -0.05) is 81.8 Å². The van der Waals surface area contributed by atoms with Crippen LogP contribution in [0.2, 0.25) is 5.02 Å². The lowest BCUT2D eigenvalue weighted by molar-refractivity contribution is -0.688. The molecular weight excluding hydrogens is 744 g/mol. The van der Waals surface area contributed by atoms with E-state index in [2.05, 4.69) is 26.6 Å². The minimum Gasteiger partial charge on any atom is -0.352 e. The minimum atomic E-state index is -0.840. The van der Waals surface area contributed by atoms with Gasteiger partial charge in [0.1, 0.15) is 6.04 Å². The van der Waals surface area contributed by atoms with Crippen LogP contribution in [0.15, 0.2) is 104 Å². The lowest BCUT2D eigenvalue weighted by Crippen LogP contribution is -2.54. The average molecular weight is 794 g/mol. The van der Waals surface area contributed by atoms with E-state index >= 15 is 0 Å². The van der Waals surface area contributed by atoms with Gasteiger partial charge in [-0.25, -0.2) is 9.36 Å². The number of carbonyl (C=O) groups is 5. The number of rotatable bonds is 18. The summed E-state index contributed by atoms with van der Waals surface area (Å²) >= 11 is 6.05. The van der Waals surface area contributed by atoms with Crippen LogP contribution in [0.1, 0.15) is 62.0 Å². The maximum absolute atomic E-state index is 13.4. The van der Waals surface area contributed by atoms with E-state index < -0.39 is 29.8 Å². The highest BCUT2D eigenvalue weighted by Gasteiger charge is 2.28. The number of fused-ring (bicyclic) bond motifs is 1. The first-order valence-corrected chi connectivity index (χ1v) is 19.3. The smallest absolute Gasteiger partial charge is 0.312 e. The molecule has 0 aliphatic carbocycles. The summed E-state index contributed by atoms with van der Waals surface area (Å²) in [6.07, 6.45) is 6.03. The fraction of sp³-hybridized carbons (Fsp3) is 0.302. The summed E-state index contributed by atoms with van der Waals surface area (Å²) in [4.78, 5) is 64.3. The number of amides is 5. The summed E-state index contributed by atoms with van der Waals surface area (Å²) in [5.41, 5.74) is 9.32. The first kappa shape index (κ1) is 42.1.